The molecule has 47 heavy (non-hydrogen) atoms. The van der Waals surface area contributed by atoms with Crippen LogP contribution in [0.4, 0.5) is 17.2 Å². The molecule has 0 aliphatic carbocycles. The summed E-state index contributed by atoms with van der Waals surface area (Å²) in [5.41, 5.74) is 4.55. The first kappa shape index (κ1) is 30.9. The van der Waals surface area contributed by atoms with E-state index in [1.807, 2.05) is 71.1 Å². The summed E-state index contributed by atoms with van der Waals surface area (Å²) in [7, 11) is 0. The van der Waals surface area contributed by atoms with Crippen LogP contribution in [0.15, 0.2) is 104 Å². The largest absolute Gasteiger partial charge is 0.379 e. The third kappa shape index (κ3) is 7.62. The molecule has 10 heteroatoms. The van der Waals surface area contributed by atoms with Crippen LogP contribution in [-0.4, -0.2) is 74.9 Å². The first-order valence-electron chi connectivity index (χ1n) is 16.0. The summed E-state index contributed by atoms with van der Waals surface area (Å²) in [6.07, 6.45) is 8.32. The van der Waals surface area contributed by atoms with Crippen LogP contribution < -0.4 is 10.6 Å². The van der Waals surface area contributed by atoms with Crippen LogP contribution in [0.2, 0.25) is 0 Å². The van der Waals surface area contributed by atoms with E-state index >= 15 is 0 Å². The van der Waals surface area contributed by atoms with Crippen LogP contribution in [0.3, 0.4) is 0 Å². The molecule has 3 heterocycles. The van der Waals surface area contributed by atoms with Crippen LogP contribution >= 0.6 is 11.8 Å². The molecule has 238 valence electrons. The number of carbonyl (C=O) groups excluding carboxylic acids is 1. The Kier molecular flexibility index (Phi) is 9.69. The van der Waals surface area contributed by atoms with Crippen LogP contribution in [-0.2, 0) is 16.1 Å². The number of benzene rings is 4. The van der Waals surface area contributed by atoms with Gasteiger partial charge in [-0.3, -0.25) is 14.4 Å². The maximum atomic E-state index is 12.7. The second-order valence-electron chi connectivity index (χ2n) is 11.6. The number of hydrogen-bond acceptors (Lipinski definition) is 8. The summed E-state index contributed by atoms with van der Waals surface area (Å²) in [4.78, 5) is 24.3. The lowest BCUT2D eigenvalue weighted by molar-refractivity contribution is -0.111. The molecule has 2 N–H and O–H groups in total. The quantitative estimate of drug-likeness (QED) is 0.110. The van der Waals surface area contributed by atoms with Gasteiger partial charge < -0.3 is 15.4 Å². The minimum atomic E-state index is -0.159. The molecule has 1 aliphatic rings. The van der Waals surface area contributed by atoms with Gasteiger partial charge >= 0.3 is 0 Å². The fourth-order valence-corrected chi connectivity index (χ4v) is 6.66. The van der Waals surface area contributed by atoms with Gasteiger partial charge in [0.25, 0.3) is 0 Å². The number of rotatable bonds is 12. The normalized spacial score (nSPS) is 14.0. The lowest BCUT2D eigenvalue weighted by atomic mass is 10.1. The predicted octanol–water partition coefficient (Wildman–Crippen LogP) is 6.87. The van der Waals surface area contributed by atoms with Crippen molar-refractivity contribution in [2.24, 2.45) is 0 Å². The zero-order valence-corrected chi connectivity index (χ0v) is 27.0. The zero-order chi connectivity index (χ0) is 31.8. The highest BCUT2D eigenvalue weighted by molar-refractivity contribution is 7.99. The molecule has 6 aromatic rings. The van der Waals surface area contributed by atoms with E-state index in [1.54, 1.807) is 12.4 Å². The van der Waals surface area contributed by atoms with E-state index in [2.05, 4.69) is 62.0 Å². The van der Waals surface area contributed by atoms with Crippen molar-refractivity contribution in [1.29, 1.82) is 0 Å². The number of nitrogens with zero attached hydrogens (tertiary/aromatic N) is 5. The van der Waals surface area contributed by atoms with Crippen molar-refractivity contribution >= 4 is 67.4 Å². The maximum Gasteiger partial charge on any atom is 0.248 e. The van der Waals surface area contributed by atoms with Crippen LogP contribution in [0.5, 0.6) is 0 Å². The Labute approximate surface area is 278 Å². The summed E-state index contributed by atoms with van der Waals surface area (Å²) in [5, 5.41) is 15.5. The van der Waals surface area contributed by atoms with Crippen molar-refractivity contribution in [2.45, 2.75) is 13.0 Å². The average Bonchev–Trinajstić information content (AvgIpc) is 3.51. The molecule has 9 nitrogen and oxygen atoms in total. The molecule has 7 rings (SSSR count). The summed E-state index contributed by atoms with van der Waals surface area (Å²) in [5.74, 6) is 2.38. The Morgan fingerprint density at radius 1 is 0.936 bits per heavy atom. The van der Waals surface area contributed by atoms with E-state index < -0.39 is 0 Å². The number of thioether (sulfide) groups is 1. The number of anilines is 3. The van der Waals surface area contributed by atoms with Gasteiger partial charge in [0, 0.05) is 64.0 Å². The van der Waals surface area contributed by atoms with Gasteiger partial charge in [0.1, 0.15) is 17.7 Å². The molecular weight excluding hydrogens is 607 g/mol. The highest BCUT2D eigenvalue weighted by atomic mass is 32.2. The topological polar surface area (TPSA) is 97.2 Å². The molecule has 0 atom stereocenters. The third-order valence-corrected chi connectivity index (χ3v) is 9.26. The molecule has 0 unspecified atom stereocenters. The molecule has 1 aliphatic heterocycles. The Morgan fingerprint density at radius 2 is 1.77 bits per heavy atom. The molecule has 0 spiro atoms. The van der Waals surface area contributed by atoms with Crippen LogP contribution in [0.1, 0.15) is 12.0 Å². The fourth-order valence-electron chi connectivity index (χ4n) is 5.93. The second-order valence-corrected chi connectivity index (χ2v) is 12.7. The van der Waals surface area contributed by atoms with E-state index in [-0.39, 0.29) is 5.91 Å². The van der Waals surface area contributed by atoms with E-state index in [9.17, 15) is 4.79 Å². The first-order chi connectivity index (χ1) is 23.2. The van der Waals surface area contributed by atoms with E-state index in [0.29, 0.717) is 18.1 Å². The number of ether oxygens (including phenoxy) is 1. The lowest BCUT2D eigenvalue weighted by Crippen LogP contribution is -2.36. The van der Waals surface area contributed by atoms with Crippen molar-refractivity contribution in [3.05, 3.63) is 109 Å². The van der Waals surface area contributed by atoms with Gasteiger partial charge in [0.2, 0.25) is 5.91 Å². The first-order valence-corrected chi connectivity index (χ1v) is 17.1. The molecule has 1 amide bonds. The number of carbonyl (C=O) groups is 1. The second kappa shape index (κ2) is 14.8. The Morgan fingerprint density at radius 3 is 2.64 bits per heavy atom. The molecule has 2 aromatic heterocycles. The van der Waals surface area contributed by atoms with Crippen molar-refractivity contribution < 1.29 is 9.53 Å². The van der Waals surface area contributed by atoms with Crippen LogP contribution in [0, 0.1) is 0 Å². The van der Waals surface area contributed by atoms with Crippen molar-refractivity contribution in [1.82, 2.24) is 24.6 Å². The molecule has 1 fully saturated rings. The highest BCUT2D eigenvalue weighted by Crippen LogP contribution is 2.34. The summed E-state index contributed by atoms with van der Waals surface area (Å²) in [6, 6.07) is 26.4. The molecule has 4 aromatic carbocycles. The smallest absolute Gasteiger partial charge is 0.248 e. The Bertz CT molecular complexity index is 2020. The van der Waals surface area contributed by atoms with Gasteiger partial charge in [-0.25, -0.2) is 9.97 Å². The lowest BCUT2D eigenvalue weighted by Gasteiger charge is -2.26. The van der Waals surface area contributed by atoms with Gasteiger partial charge in [0.15, 0.2) is 0 Å². The molecule has 0 radical (unpaired) electrons. The summed E-state index contributed by atoms with van der Waals surface area (Å²) >= 11 is 1.84. The molecule has 0 bridgehead atoms. The maximum absolute atomic E-state index is 12.7. The van der Waals surface area contributed by atoms with Gasteiger partial charge in [-0.2, -0.15) is 16.9 Å². The van der Waals surface area contributed by atoms with Crippen molar-refractivity contribution in [2.75, 3.05) is 55.0 Å². The highest BCUT2D eigenvalue weighted by Gasteiger charge is 2.14. The number of hydrogen-bond donors (Lipinski definition) is 2. The molecular formula is C37H37N7O2S. The molecule has 1 saturated heterocycles. The monoisotopic (exact) mass is 643 g/mol. The van der Waals surface area contributed by atoms with Gasteiger partial charge in [-0.05, 0) is 48.5 Å². The summed E-state index contributed by atoms with van der Waals surface area (Å²) in [6.45, 7) is 5.52. The standard InChI is InChI=1S/C37H37N7O2S/c45-35(12-6-20-47-21-7-15-43-16-18-46-19-17-43)40-29-13-14-33-32(23-29)37(39-26-38-33)41-34-22-28-25-44(24-27-8-2-1-3-9-27)42-36(28)31-11-5-4-10-30(31)34/h1-6,8-14,22-23,25-26H,7,15-21,24H2,(H,40,45)(H,38,39,41). The minimum Gasteiger partial charge on any atom is -0.379 e. The Hall–Kier alpha value is -4.77. The van der Waals surface area contributed by atoms with Gasteiger partial charge in [0.05, 0.1) is 25.3 Å². The van der Waals surface area contributed by atoms with E-state index in [1.165, 1.54) is 5.56 Å². The zero-order valence-electron chi connectivity index (χ0n) is 26.1. The number of aromatic nitrogens is 4. The van der Waals surface area contributed by atoms with Gasteiger partial charge in [-0.15, -0.1) is 0 Å². The van der Waals surface area contributed by atoms with Crippen molar-refractivity contribution in [3.63, 3.8) is 0 Å². The number of morpholine rings is 1. The van der Waals surface area contributed by atoms with Crippen LogP contribution in [0.25, 0.3) is 32.6 Å². The van der Waals surface area contributed by atoms with E-state index in [4.69, 9.17) is 9.84 Å². The predicted molar refractivity (Wildman–Crippen MR) is 193 cm³/mol. The number of nitrogens with one attached hydrogen (secondary N) is 2. The van der Waals surface area contributed by atoms with E-state index in [0.717, 1.165) is 89.0 Å². The van der Waals surface area contributed by atoms with Gasteiger partial charge in [-0.1, -0.05) is 60.7 Å². The SMILES string of the molecule is O=C(C=CCSCCCN1CCOCC1)Nc1ccc2ncnc(Nc3cc4cn(Cc5ccccc5)nc4c4ccccc34)c2c1. The Balaban J connectivity index is 1.04. The summed E-state index contributed by atoms with van der Waals surface area (Å²) < 4.78 is 7.40. The average molecular weight is 644 g/mol. The minimum absolute atomic E-state index is 0.159. The molecule has 0 saturated carbocycles. The fraction of sp³-hybridized carbons (Fsp3) is 0.243. The number of amides is 1. The number of fused-ring (bicyclic) bond motifs is 4. The third-order valence-electron chi connectivity index (χ3n) is 8.26. The van der Waals surface area contributed by atoms with Crippen molar-refractivity contribution in [3.8, 4) is 0 Å².